The lowest BCUT2D eigenvalue weighted by Crippen LogP contribution is -2.19. The van der Waals surface area contributed by atoms with Gasteiger partial charge in [-0.05, 0) is 6.07 Å². The number of hydrogen-bond acceptors (Lipinski definition) is 4. The molecule has 6 nitrogen and oxygen atoms in total. The second-order valence-electron chi connectivity index (χ2n) is 3.26. The van der Waals surface area contributed by atoms with Gasteiger partial charge in [0.2, 0.25) is 0 Å². The Kier molecular flexibility index (Phi) is 17.8. The zero-order chi connectivity index (χ0) is 19.9. The summed E-state index contributed by atoms with van der Waals surface area (Å²) in [5.74, 6) is -0.541. The molecule has 0 aliphatic rings. The van der Waals surface area contributed by atoms with Gasteiger partial charge in [0.1, 0.15) is 11.5 Å². The first-order valence-electron chi connectivity index (χ1n) is 7.68. The number of benzene rings is 1. The maximum absolute atomic E-state index is 12.1. The quantitative estimate of drug-likeness (QED) is 0.284. The van der Waals surface area contributed by atoms with Crippen molar-refractivity contribution in [2.75, 3.05) is 11.9 Å². The Morgan fingerprint density at radius 2 is 1.75 bits per heavy atom. The van der Waals surface area contributed by atoms with E-state index in [-0.39, 0.29) is 16.3 Å². The predicted molar refractivity (Wildman–Crippen MR) is 97.7 cm³/mol. The van der Waals surface area contributed by atoms with Crippen LogP contribution in [0.4, 0.5) is 20.2 Å². The molecular formula is C15H27ClF2N4O2. The molecule has 0 fully saturated rings. The summed E-state index contributed by atoms with van der Waals surface area (Å²) in [6, 6.07) is 2.24. The zero-order valence-corrected chi connectivity index (χ0v) is 15.7. The SMILES string of the molecule is CC.CC.CC.N=C(N)c1c(Cl)ccc([N+](=O)[O-])c1NCC(F)F. The molecule has 4 N–H and O–H groups in total. The van der Waals surface area contributed by atoms with E-state index in [1.165, 1.54) is 6.07 Å². The standard InChI is InChI=1S/C9H9ClF2N4O2.3C2H6/c10-4-1-2-5(16(17)18)8(7(4)9(13)14)15-3-6(11)12;3*1-2/h1-2,6,15H,3H2,(H3,13,14);3*1-2H3. The van der Waals surface area contributed by atoms with Crippen LogP contribution in [0.5, 0.6) is 0 Å². The summed E-state index contributed by atoms with van der Waals surface area (Å²) in [4.78, 5) is 10.0. The Labute approximate surface area is 147 Å². The third-order valence-electron chi connectivity index (χ3n) is 2.03. The molecule has 9 heteroatoms. The minimum atomic E-state index is -2.71. The number of nitrogens with one attached hydrogen (secondary N) is 2. The highest BCUT2D eigenvalue weighted by atomic mass is 35.5. The molecule has 1 rings (SSSR count). The van der Waals surface area contributed by atoms with Gasteiger partial charge >= 0.3 is 0 Å². The van der Waals surface area contributed by atoms with Crippen LogP contribution in [-0.2, 0) is 0 Å². The number of nitrogens with zero attached hydrogens (tertiary/aromatic N) is 1. The molecule has 1 aromatic rings. The molecule has 0 spiro atoms. The van der Waals surface area contributed by atoms with E-state index in [0.717, 1.165) is 6.07 Å². The third kappa shape index (κ3) is 9.24. The number of halogens is 3. The van der Waals surface area contributed by atoms with Gasteiger partial charge in [-0.2, -0.15) is 0 Å². The van der Waals surface area contributed by atoms with Crippen molar-refractivity contribution in [2.45, 2.75) is 48.0 Å². The monoisotopic (exact) mass is 368 g/mol. The van der Waals surface area contributed by atoms with Crippen LogP contribution in [0.1, 0.15) is 47.1 Å². The minimum Gasteiger partial charge on any atom is -0.384 e. The lowest BCUT2D eigenvalue weighted by molar-refractivity contribution is -0.384. The van der Waals surface area contributed by atoms with Gasteiger partial charge in [0, 0.05) is 6.07 Å². The first-order chi connectivity index (χ1) is 11.3. The van der Waals surface area contributed by atoms with Crippen molar-refractivity contribution in [2.24, 2.45) is 5.73 Å². The Morgan fingerprint density at radius 3 is 2.08 bits per heavy atom. The van der Waals surface area contributed by atoms with Crippen molar-refractivity contribution in [3.05, 3.63) is 32.8 Å². The number of nitro benzene ring substituents is 1. The fraction of sp³-hybridized carbons (Fsp3) is 0.533. The smallest absolute Gasteiger partial charge is 0.293 e. The molecule has 0 saturated heterocycles. The first-order valence-corrected chi connectivity index (χ1v) is 8.05. The van der Waals surface area contributed by atoms with E-state index in [2.05, 4.69) is 5.32 Å². The average Bonchev–Trinajstić information content (AvgIpc) is 2.57. The van der Waals surface area contributed by atoms with Crippen molar-refractivity contribution in [3.8, 4) is 0 Å². The van der Waals surface area contributed by atoms with Crippen LogP contribution in [0.2, 0.25) is 5.02 Å². The lowest BCUT2D eigenvalue weighted by atomic mass is 10.1. The molecule has 0 heterocycles. The Hall–Kier alpha value is -1.96. The van der Waals surface area contributed by atoms with E-state index in [1.807, 2.05) is 41.5 Å². The van der Waals surface area contributed by atoms with Gasteiger partial charge in [-0.25, -0.2) is 8.78 Å². The molecule has 0 bridgehead atoms. The summed E-state index contributed by atoms with van der Waals surface area (Å²) >= 11 is 5.75. The van der Waals surface area contributed by atoms with Crippen molar-refractivity contribution >= 4 is 28.8 Å². The van der Waals surface area contributed by atoms with E-state index in [0.29, 0.717) is 0 Å². The first kappa shape index (κ1) is 26.9. The highest BCUT2D eigenvalue weighted by Gasteiger charge is 2.22. The summed E-state index contributed by atoms with van der Waals surface area (Å²) in [6.45, 7) is 11.2. The molecule has 140 valence electrons. The van der Waals surface area contributed by atoms with E-state index in [9.17, 15) is 18.9 Å². The van der Waals surface area contributed by atoms with Gasteiger partial charge in [-0.15, -0.1) is 0 Å². The molecule has 0 aliphatic heterocycles. The molecule has 0 atom stereocenters. The summed E-state index contributed by atoms with van der Waals surface area (Å²) < 4.78 is 24.3. The van der Waals surface area contributed by atoms with E-state index >= 15 is 0 Å². The van der Waals surface area contributed by atoms with Gasteiger partial charge in [-0.1, -0.05) is 53.1 Å². The number of amidine groups is 1. The second-order valence-corrected chi connectivity index (χ2v) is 3.67. The van der Waals surface area contributed by atoms with Gasteiger partial charge in [0.25, 0.3) is 12.1 Å². The van der Waals surface area contributed by atoms with E-state index in [1.54, 1.807) is 0 Å². The number of alkyl halides is 2. The Balaban J connectivity index is -0.000000659. The van der Waals surface area contributed by atoms with Crippen molar-refractivity contribution < 1.29 is 13.7 Å². The molecule has 0 aromatic heterocycles. The van der Waals surface area contributed by atoms with Crippen LogP contribution in [0, 0.1) is 15.5 Å². The number of nitro groups is 1. The van der Waals surface area contributed by atoms with Crippen molar-refractivity contribution in [1.82, 2.24) is 0 Å². The highest BCUT2D eigenvalue weighted by molar-refractivity contribution is 6.35. The molecule has 1 aromatic carbocycles. The van der Waals surface area contributed by atoms with Crippen LogP contribution < -0.4 is 11.1 Å². The van der Waals surface area contributed by atoms with Crippen LogP contribution in [0.25, 0.3) is 0 Å². The number of nitrogens with two attached hydrogens (primary N) is 1. The summed E-state index contributed by atoms with van der Waals surface area (Å²) in [5.41, 5.74) is 4.33. The van der Waals surface area contributed by atoms with Crippen LogP contribution in [0.3, 0.4) is 0 Å². The Morgan fingerprint density at radius 1 is 1.29 bits per heavy atom. The van der Waals surface area contributed by atoms with Crippen LogP contribution in [-0.4, -0.2) is 23.7 Å². The van der Waals surface area contributed by atoms with Crippen molar-refractivity contribution in [3.63, 3.8) is 0 Å². The summed E-state index contributed by atoms with van der Waals surface area (Å²) in [6.07, 6.45) is -2.71. The molecular weight excluding hydrogens is 342 g/mol. The number of hydrogen-bond donors (Lipinski definition) is 3. The van der Waals surface area contributed by atoms with Gasteiger partial charge in [0.05, 0.1) is 22.1 Å². The summed E-state index contributed by atoms with van der Waals surface area (Å²) in [7, 11) is 0. The number of anilines is 1. The Bertz CT molecular complexity index is 501. The van der Waals surface area contributed by atoms with E-state index < -0.39 is 29.4 Å². The van der Waals surface area contributed by atoms with Crippen LogP contribution in [0.15, 0.2) is 12.1 Å². The maximum Gasteiger partial charge on any atom is 0.293 e. The number of nitrogen functional groups attached to an aromatic ring is 1. The molecule has 0 unspecified atom stereocenters. The van der Waals surface area contributed by atoms with Gasteiger partial charge in [0.15, 0.2) is 0 Å². The van der Waals surface area contributed by atoms with E-state index in [4.69, 9.17) is 22.7 Å². The highest BCUT2D eigenvalue weighted by Crippen LogP contribution is 2.33. The molecule has 24 heavy (non-hydrogen) atoms. The second kappa shape index (κ2) is 15.9. The largest absolute Gasteiger partial charge is 0.384 e. The van der Waals surface area contributed by atoms with Gasteiger partial charge < -0.3 is 11.1 Å². The minimum absolute atomic E-state index is 0.0233. The fourth-order valence-electron chi connectivity index (χ4n) is 1.34. The lowest BCUT2D eigenvalue weighted by Gasteiger charge is -2.12. The molecule has 0 amide bonds. The normalized spacial score (nSPS) is 8.58. The van der Waals surface area contributed by atoms with Crippen molar-refractivity contribution in [1.29, 1.82) is 5.41 Å². The zero-order valence-electron chi connectivity index (χ0n) is 14.9. The summed E-state index contributed by atoms with van der Waals surface area (Å²) in [5, 5.41) is 20.2. The topological polar surface area (TPSA) is 105 Å². The number of rotatable bonds is 5. The predicted octanol–water partition coefficient (Wildman–Crippen LogP) is 5.29. The maximum atomic E-state index is 12.1. The molecule has 0 radical (unpaired) electrons. The van der Waals surface area contributed by atoms with Gasteiger partial charge in [-0.3, -0.25) is 15.5 Å². The molecule has 0 saturated carbocycles. The molecule has 0 aliphatic carbocycles. The fourth-order valence-corrected chi connectivity index (χ4v) is 1.60. The average molecular weight is 369 g/mol. The third-order valence-corrected chi connectivity index (χ3v) is 2.35. The van der Waals surface area contributed by atoms with Crippen LogP contribution >= 0.6 is 11.6 Å².